The Morgan fingerprint density at radius 3 is 2.46 bits per heavy atom. The number of piperazine rings is 1. The zero-order valence-corrected chi connectivity index (χ0v) is 9.25. The van der Waals surface area contributed by atoms with Crippen LogP contribution in [0.3, 0.4) is 0 Å². The third-order valence-corrected chi connectivity index (χ3v) is 2.80. The van der Waals surface area contributed by atoms with Crippen molar-refractivity contribution >= 4 is 21.8 Å². The molecule has 0 atom stereocenters. The number of hydrogen-bond acceptors (Lipinski definition) is 3. The summed E-state index contributed by atoms with van der Waals surface area (Å²) in [5.74, 6) is 0.972. The van der Waals surface area contributed by atoms with Gasteiger partial charge in [0.25, 0.3) is 0 Å². The Labute approximate surface area is 86.4 Å². The first-order valence-corrected chi connectivity index (χ1v) is 5.24. The Morgan fingerprint density at radius 1 is 1.23 bits per heavy atom. The second kappa shape index (κ2) is 3.72. The number of halogens is 1. The van der Waals surface area contributed by atoms with Gasteiger partial charge >= 0.3 is 0 Å². The molecule has 1 saturated heterocycles. The van der Waals surface area contributed by atoms with E-state index >= 15 is 0 Å². The van der Waals surface area contributed by atoms with Crippen LogP contribution in [0.25, 0.3) is 0 Å². The van der Waals surface area contributed by atoms with Crippen molar-refractivity contribution in [2.24, 2.45) is 0 Å². The van der Waals surface area contributed by atoms with Gasteiger partial charge in [-0.15, -0.1) is 0 Å². The van der Waals surface area contributed by atoms with Gasteiger partial charge in [0, 0.05) is 32.2 Å². The highest BCUT2D eigenvalue weighted by Gasteiger charge is 2.16. The zero-order valence-electron chi connectivity index (χ0n) is 7.66. The lowest BCUT2D eigenvalue weighted by atomic mass is 10.3. The molecule has 2 heterocycles. The molecular formula is C9H13BrN2O. The largest absolute Gasteiger partial charge is 0.434 e. The Bertz CT molecular complexity index is 279. The van der Waals surface area contributed by atoms with Gasteiger partial charge < -0.3 is 14.2 Å². The van der Waals surface area contributed by atoms with Crippen LogP contribution in [0.15, 0.2) is 21.2 Å². The Hall–Kier alpha value is -0.480. The summed E-state index contributed by atoms with van der Waals surface area (Å²) < 4.78 is 6.29. The predicted octanol–water partition coefficient (Wildman–Crippen LogP) is 1.79. The second-order valence-corrected chi connectivity index (χ2v) is 4.15. The molecule has 0 unspecified atom stereocenters. The molecule has 0 amide bonds. The van der Waals surface area contributed by atoms with E-state index in [-0.39, 0.29) is 0 Å². The fourth-order valence-electron chi connectivity index (χ4n) is 1.50. The summed E-state index contributed by atoms with van der Waals surface area (Å²) in [4.78, 5) is 4.60. The lowest BCUT2D eigenvalue weighted by Gasteiger charge is -2.32. The van der Waals surface area contributed by atoms with Crippen molar-refractivity contribution < 1.29 is 4.42 Å². The Balaban J connectivity index is 2.02. The molecular weight excluding hydrogens is 232 g/mol. The van der Waals surface area contributed by atoms with Crippen molar-refractivity contribution in [3.63, 3.8) is 0 Å². The molecule has 0 bridgehead atoms. The molecule has 0 aliphatic carbocycles. The van der Waals surface area contributed by atoms with E-state index in [0.717, 1.165) is 36.7 Å². The Morgan fingerprint density at radius 2 is 1.92 bits per heavy atom. The smallest absolute Gasteiger partial charge is 0.197 e. The van der Waals surface area contributed by atoms with Gasteiger partial charge in [-0.1, -0.05) is 0 Å². The zero-order chi connectivity index (χ0) is 9.26. The van der Waals surface area contributed by atoms with E-state index in [1.54, 1.807) is 0 Å². The molecule has 0 aromatic carbocycles. The maximum absolute atomic E-state index is 5.48. The van der Waals surface area contributed by atoms with Gasteiger partial charge in [-0.25, -0.2) is 0 Å². The van der Waals surface area contributed by atoms with Crippen LogP contribution < -0.4 is 4.90 Å². The number of nitrogens with zero attached hydrogens (tertiary/aromatic N) is 2. The first-order chi connectivity index (χ1) is 6.25. The van der Waals surface area contributed by atoms with Crippen LogP contribution in [-0.4, -0.2) is 38.1 Å². The van der Waals surface area contributed by atoms with Gasteiger partial charge in [-0.3, -0.25) is 0 Å². The molecule has 1 aromatic heterocycles. The highest BCUT2D eigenvalue weighted by Crippen LogP contribution is 2.22. The molecule has 0 radical (unpaired) electrons. The van der Waals surface area contributed by atoms with E-state index in [9.17, 15) is 0 Å². The maximum atomic E-state index is 5.48. The van der Waals surface area contributed by atoms with Crippen molar-refractivity contribution in [3.8, 4) is 0 Å². The molecule has 0 saturated carbocycles. The van der Waals surface area contributed by atoms with Crippen LogP contribution in [-0.2, 0) is 0 Å². The Kier molecular flexibility index (Phi) is 2.60. The minimum absolute atomic E-state index is 0.807. The fraction of sp³-hybridized carbons (Fsp3) is 0.556. The molecule has 4 heteroatoms. The predicted molar refractivity (Wildman–Crippen MR) is 56.1 cm³/mol. The number of hydrogen-bond donors (Lipinski definition) is 0. The number of anilines is 1. The van der Waals surface area contributed by atoms with E-state index in [1.807, 2.05) is 12.1 Å². The van der Waals surface area contributed by atoms with E-state index in [2.05, 4.69) is 32.8 Å². The van der Waals surface area contributed by atoms with Crippen molar-refractivity contribution in [2.45, 2.75) is 0 Å². The molecule has 1 aromatic rings. The van der Waals surface area contributed by atoms with Gasteiger partial charge in [0.05, 0.1) is 0 Å². The van der Waals surface area contributed by atoms with Crippen LogP contribution in [0.5, 0.6) is 0 Å². The van der Waals surface area contributed by atoms with E-state index < -0.39 is 0 Å². The summed E-state index contributed by atoms with van der Waals surface area (Å²) in [6, 6.07) is 3.95. The number of likely N-dealkylation sites (N-methyl/N-ethyl adjacent to an activating group) is 1. The molecule has 1 aliphatic rings. The van der Waals surface area contributed by atoms with Crippen LogP contribution >= 0.6 is 15.9 Å². The van der Waals surface area contributed by atoms with Gasteiger partial charge in [0.15, 0.2) is 10.6 Å². The average molecular weight is 245 g/mol. The molecule has 1 aliphatic heterocycles. The minimum Gasteiger partial charge on any atom is -0.434 e. The summed E-state index contributed by atoms with van der Waals surface area (Å²) >= 11 is 3.31. The molecule has 0 spiro atoms. The summed E-state index contributed by atoms with van der Waals surface area (Å²) in [6.07, 6.45) is 0. The SMILES string of the molecule is CN1CCN(c2ccc(Br)o2)CC1. The van der Waals surface area contributed by atoms with Crippen molar-refractivity contribution in [1.29, 1.82) is 0 Å². The first kappa shape index (κ1) is 9.09. The van der Waals surface area contributed by atoms with Gasteiger partial charge in [0.1, 0.15) is 0 Å². The third-order valence-electron chi connectivity index (χ3n) is 2.37. The lowest BCUT2D eigenvalue weighted by Crippen LogP contribution is -2.44. The molecule has 13 heavy (non-hydrogen) atoms. The van der Waals surface area contributed by atoms with Gasteiger partial charge in [0.2, 0.25) is 0 Å². The van der Waals surface area contributed by atoms with E-state index in [1.165, 1.54) is 0 Å². The highest BCUT2D eigenvalue weighted by molar-refractivity contribution is 9.10. The van der Waals surface area contributed by atoms with Crippen molar-refractivity contribution in [2.75, 3.05) is 38.1 Å². The fourth-order valence-corrected chi connectivity index (χ4v) is 1.80. The molecule has 2 rings (SSSR count). The van der Waals surface area contributed by atoms with Crippen LogP contribution in [0.2, 0.25) is 0 Å². The van der Waals surface area contributed by atoms with E-state index in [0.29, 0.717) is 0 Å². The molecule has 1 fully saturated rings. The lowest BCUT2D eigenvalue weighted by molar-refractivity contribution is 0.305. The van der Waals surface area contributed by atoms with Crippen molar-refractivity contribution in [3.05, 3.63) is 16.8 Å². The van der Waals surface area contributed by atoms with Crippen LogP contribution in [0.1, 0.15) is 0 Å². The standard InChI is InChI=1S/C9H13BrN2O/c1-11-4-6-12(7-5-11)9-3-2-8(10)13-9/h2-3H,4-7H2,1H3. The second-order valence-electron chi connectivity index (χ2n) is 3.37. The normalized spacial score (nSPS) is 19.4. The minimum atomic E-state index is 0.807. The monoisotopic (exact) mass is 244 g/mol. The van der Waals surface area contributed by atoms with Gasteiger partial charge in [-0.05, 0) is 29.0 Å². The number of furan rings is 1. The van der Waals surface area contributed by atoms with Crippen molar-refractivity contribution in [1.82, 2.24) is 4.90 Å². The summed E-state index contributed by atoms with van der Waals surface area (Å²) in [5.41, 5.74) is 0. The van der Waals surface area contributed by atoms with Gasteiger partial charge in [-0.2, -0.15) is 0 Å². The highest BCUT2D eigenvalue weighted by atomic mass is 79.9. The molecule has 3 nitrogen and oxygen atoms in total. The first-order valence-electron chi connectivity index (χ1n) is 4.44. The third kappa shape index (κ3) is 2.06. The van der Waals surface area contributed by atoms with Crippen LogP contribution in [0.4, 0.5) is 5.88 Å². The number of rotatable bonds is 1. The maximum Gasteiger partial charge on any atom is 0.197 e. The van der Waals surface area contributed by atoms with E-state index in [4.69, 9.17) is 4.42 Å². The average Bonchev–Trinajstić information content (AvgIpc) is 2.53. The van der Waals surface area contributed by atoms with Crippen LogP contribution in [0, 0.1) is 0 Å². The molecule has 0 N–H and O–H groups in total. The topological polar surface area (TPSA) is 19.6 Å². The quantitative estimate of drug-likeness (QED) is 0.752. The summed E-state index contributed by atoms with van der Waals surface area (Å²) in [7, 11) is 2.15. The molecule has 72 valence electrons. The summed E-state index contributed by atoms with van der Waals surface area (Å²) in [6.45, 7) is 4.32. The summed E-state index contributed by atoms with van der Waals surface area (Å²) in [5, 5.41) is 0.